The summed E-state index contributed by atoms with van der Waals surface area (Å²) >= 11 is 4.77. The molecule has 0 fully saturated rings. The van der Waals surface area contributed by atoms with Gasteiger partial charge in [-0.3, -0.25) is 0 Å². The third-order valence-corrected chi connectivity index (χ3v) is 4.80. The standard InChI is InChI=1S/C15H15BrF3NS/c1-20(7-6-13-3-2-8-21-13)12-5-4-11(10-16)14(9-12)15(17,18)19/h2-5,8-9H,6-7,10H2,1H3. The van der Waals surface area contributed by atoms with Gasteiger partial charge in [0.05, 0.1) is 5.56 Å². The summed E-state index contributed by atoms with van der Waals surface area (Å²) in [6.07, 6.45) is -3.50. The van der Waals surface area contributed by atoms with Gasteiger partial charge in [0.1, 0.15) is 0 Å². The van der Waals surface area contributed by atoms with E-state index in [0.29, 0.717) is 12.2 Å². The lowest BCUT2D eigenvalue weighted by Crippen LogP contribution is -2.21. The van der Waals surface area contributed by atoms with Crippen LogP contribution < -0.4 is 4.90 Å². The van der Waals surface area contributed by atoms with Crippen LogP contribution in [-0.4, -0.2) is 13.6 Å². The van der Waals surface area contributed by atoms with Crippen molar-refractivity contribution in [2.45, 2.75) is 17.9 Å². The lowest BCUT2D eigenvalue weighted by atomic mass is 10.1. The molecule has 2 aromatic rings. The number of nitrogens with zero attached hydrogens (tertiary/aromatic N) is 1. The highest BCUT2D eigenvalue weighted by atomic mass is 79.9. The second-order valence-corrected chi connectivity index (χ2v) is 6.32. The fourth-order valence-corrected chi connectivity index (χ4v) is 3.23. The van der Waals surface area contributed by atoms with Gasteiger partial charge in [-0.05, 0) is 35.6 Å². The van der Waals surface area contributed by atoms with Crippen molar-refractivity contribution in [2.75, 3.05) is 18.5 Å². The number of halogens is 4. The zero-order valence-electron chi connectivity index (χ0n) is 11.5. The molecule has 1 nitrogen and oxygen atoms in total. The number of alkyl halides is 4. The van der Waals surface area contributed by atoms with Gasteiger partial charge in [-0.2, -0.15) is 13.2 Å². The van der Waals surface area contributed by atoms with Crippen LogP contribution in [0.5, 0.6) is 0 Å². The Bertz CT molecular complexity index is 581. The molecule has 0 aliphatic carbocycles. The summed E-state index contributed by atoms with van der Waals surface area (Å²) in [6, 6.07) is 8.51. The molecular weight excluding hydrogens is 363 g/mol. The van der Waals surface area contributed by atoms with E-state index in [2.05, 4.69) is 15.9 Å². The smallest absolute Gasteiger partial charge is 0.374 e. The molecule has 1 heterocycles. The van der Waals surface area contributed by atoms with E-state index in [4.69, 9.17) is 0 Å². The number of likely N-dealkylation sites (N-methyl/N-ethyl adjacent to an activating group) is 1. The van der Waals surface area contributed by atoms with Crippen molar-refractivity contribution in [1.29, 1.82) is 0 Å². The van der Waals surface area contributed by atoms with Gasteiger partial charge in [0.25, 0.3) is 0 Å². The monoisotopic (exact) mass is 377 g/mol. The molecule has 0 saturated heterocycles. The fraction of sp³-hybridized carbons (Fsp3) is 0.333. The molecule has 0 bridgehead atoms. The van der Waals surface area contributed by atoms with Crippen LogP contribution in [0.4, 0.5) is 18.9 Å². The van der Waals surface area contributed by atoms with E-state index >= 15 is 0 Å². The van der Waals surface area contributed by atoms with Gasteiger partial charge in [0, 0.05) is 29.5 Å². The molecule has 0 aliphatic heterocycles. The highest BCUT2D eigenvalue weighted by Crippen LogP contribution is 2.35. The van der Waals surface area contributed by atoms with E-state index in [-0.39, 0.29) is 10.9 Å². The predicted octanol–water partition coefficient (Wildman–Crippen LogP) is 5.34. The molecule has 0 saturated carbocycles. The van der Waals surface area contributed by atoms with Gasteiger partial charge in [-0.15, -0.1) is 11.3 Å². The number of anilines is 1. The van der Waals surface area contributed by atoms with Crippen LogP contribution in [0.1, 0.15) is 16.0 Å². The summed E-state index contributed by atoms with van der Waals surface area (Å²) in [7, 11) is 1.82. The van der Waals surface area contributed by atoms with Crippen LogP contribution >= 0.6 is 27.3 Å². The van der Waals surface area contributed by atoms with Crippen LogP contribution in [0, 0.1) is 0 Å². The first kappa shape index (κ1) is 16.4. The molecule has 0 radical (unpaired) electrons. The van der Waals surface area contributed by atoms with E-state index in [9.17, 15) is 13.2 Å². The lowest BCUT2D eigenvalue weighted by molar-refractivity contribution is -0.138. The molecule has 6 heteroatoms. The highest BCUT2D eigenvalue weighted by Gasteiger charge is 2.33. The molecule has 1 aromatic carbocycles. The number of benzene rings is 1. The van der Waals surface area contributed by atoms with Crippen molar-refractivity contribution in [3.63, 3.8) is 0 Å². The Morgan fingerprint density at radius 1 is 1.24 bits per heavy atom. The summed E-state index contributed by atoms with van der Waals surface area (Å²) in [5.74, 6) is 0. The van der Waals surface area contributed by atoms with Crippen molar-refractivity contribution >= 4 is 33.0 Å². The molecular formula is C15H15BrF3NS. The molecule has 0 amide bonds. The summed E-state index contributed by atoms with van der Waals surface area (Å²) in [6.45, 7) is 0.686. The van der Waals surface area contributed by atoms with Crippen molar-refractivity contribution in [3.8, 4) is 0 Å². The molecule has 0 spiro atoms. The molecule has 0 atom stereocenters. The quantitative estimate of drug-likeness (QED) is 0.635. The first-order valence-corrected chi connectivity index (χ1v) is 8.41. The number of hydrogen-bond acceptors (Lipinski definition) is 2. The lowest BCUT2D eigenvalue weighted by Gasteiger charge is -2.21. The topological polar surface area (TPSA) is 3.24 Å². The second-order valence-electron chi connectivity index (χ2n) is 4.72. The average Bonchev–Trinajstić information content (AvgIpc) is 2.96. The van der Waals surface area contributed by atoms with E-state index < -0.39 is 11.7 Å². The van der Waals surface area contributed by atoms with Crippen LogP contribution in [0.15, 0.2) is 35.7 Å². The van der Waals surface area contributed by atoms with Gasteiger partial charge in [0.2, 0.25) is 0 Å². The average molecular weight is 378 g/mol. The van der Waals surface area contributed by atoms with Crippen molar-refractivity contribution < 1.29 is 13.2 Å². The van der Waals surface area contributed by atoms with Gasteiger partial charge < -0.3 is 4.90 Å². The predicted molar refractivity (Wildman–Crippen MR) is 85.4 cm³/mol. The molecule has 0 unspecified atom stereocenters. The maximum atomic E-state index is 13.1. The number of rotatable bonds is 5. The van der Waals surface area contributed by atoms with E-state index in [0.717, 1.165) is 6.42 Å². The molecule has 114 valence electrons. The van der Waals surface area contributed by atoms with Gasteiger partial charge >= 0.3 is 6.18 Å². The Morgan fingerprint density at radius 3 is 2.57 bits per heavy atom. The number of hydrogen-bond donors (Lipinski definition) is 0. The maximum Gasteiger partial charge on any atom is 0.416 e. The van der Waals surface area contributed by atoms with Crippen LogP contribution in [0.3, 0.4) is 0 Å². The van der Waals surface area contributed by atoms with Gasteiger partial charge in [-0.25, -0.2) is 0 Å². The summed E-state index contributed by atoms with van der Waals surface area (Å²) in [5, 5.41) is 2.20. The van der Waals surface area contributed by atoms with E-state index in [1.165, 1.54) is 17.0 Å². The molecule has 0 N–H and O–H groups in total. The third kappa shape index (κ3) is 4.23. The zero-order chi connectivity index (χ0) is 15.5. The van der Waals surface area contributed by atoms with E-state index in [1.54, 1.807) is 17.4 Å². The molecule has 1 aromatic heterocycles. The molecule has 21 heavy (non-hydrogen) atoms. The summed E-state index contributed by atoms with van der Waals surface area (Å²) in [5.41, 5.74) is 0.279. The Hall–Kier alpha value is -1.01. The van der Waals surface area contributed by atoms with Crippen LogP contribution in [-0.2, 0) is 17.9 Å². The normalized spacial score (nSPS) is 11.7. The maximum absolute atomic E-state index is 13.1. The summed E-state index contributed by atoms with van der Waals surface area (Å²) < 4.78 is 39.2. The minimum Gasteiger partial charge on any atom is -0.374 e. The first-order chi connectivity index (χ1) is 9.91. The Morgan fingerprint density at radius 2 is 2.00 bits per heavy atom. The van der Waals surface area contributed by atoms with Crippen molar-refractivity contribution in [3.05, 3.63) is 51.7 Å². The Labute approximate surface area is 134 Å². The summed E-state index contributed by atoms with van der Waals surface area (Å²) in [4.78, 5) is 3.09. The van der Waals surface area contributed by atoms with Crippen molar-refractivity contribution in [1.82, 2.24) is 0 Å². The van der Waals surface area contributed by atoms with Crippen LogP contribution in [0.25, 0.3) is 0 Å². The highest BCUT2D eigenvalue weighted by molar-refractivity contribution is 9.08. The Kier molecular flexibility index (Phi) is 5.32. The third-order valence-electron chi connectivity index (χ3n) is 3.26. The number of thiophene rings is 1. The zero-order valence-corrected chi connectivity index (χ0v) is 13.9. The minimum atomic E-state index is -4.33. The van der Waals surface area contributed by atoms with E-state index in [1.807, 2.05) is 29.5 Å². The fourth-order valence-electron chi connectivity index (χ4n) is 2.04. The SMILES string of the molecule is CN(CCc1cccs1)c1ccc(CBr)c(C(F)(F)F)c1. The van der Waals surface area contributed by atoms with Gasteiger partial charge in [0.15, 0.2) is 0 Å². The van der Waals surface area contributed by atoms with Crippen LogP contribution in [0.2, 0.25) is 0 Å². The van der Waals surface area contributed by atoms with Gasteiger partial charge in [-0.1, -0.05) is 28.1 Å². The van der Waals surface area contributed by atoms with Crippen molar-refractivity contribution in [2.24, 2.45) is 0 Å². The first-order valence-electron chi connectivity index (χ1n) is 6.41. The Balaban J connectivity index is 2.15. The molecule has 0 aliphatic rings. The second kappa shape index (κ2) is 6.83. The minimum absolute atomic E-state index is 0.195. The largest absolute Gasteiger partial charge is 0.416 e. The molecule has 2 rings (SSSR count).